The number of aliphatic hydroxyl groups is 1. The van der Waals surface area contributed by atoms with Gasteiger partial charge >= 0.3 is 0 Å². The Labute approximate surface area is 90.0 Å². The van der Waals surface area contributed by atoms with Gasteiger partial charge in [-0.2, -0.15) is 0 Å². The Hall–Kier alpha value is -1.07. The predicted octanol–water partition coefficient (Wildman–Crippen LogP) is 0.981. The van der Waals surface area contributed by atoms with E-state index in [1.165, 1.54) is 0 Å². The minimum absolute atomic E-state index is 0.429. The number of benzene rings is 1. The number of para-hydroxylation sites is 1. The predicted molar refractivity (Wildman–Crippen MR) is 60.3 cm³/mol. The second-order valence-corrected chi connectivity index (χ2v) is 5.33. The number of sulfonamides is 1. The van der Waals surface area contributed by atoms with Gasteiger partial charge in [-0.3, -0.25) is 4.72 Å². The van der Waals surface area contributed by atoms with Crippen molar-refractivity contribution in [2.75, 3.05) is 11.0 Å². The van der Waals surface area contributed by atoms with Gasteiger partial charge in [0.15, 0.2) is 0 Å². The number of rotatable bonds is 4. The van der Waals surface area contributed by atoms with Crippen molar-refractivity contribution in [2.24, 2.45) is 0 Å². The third kappa shape index (κ3) is 4.31. The molecular weight excluding hydrogens is 214 g/mol. The number of nitrogens with one attached hydrogen (secondary N) is 1. The fourth-order valence-corrected chi connectivity index (χ4v) is 1.91. The van der Waals surface area contributed by atoms with E-state index in [2.05, 4.69) is 4.72 Å². The van der Waals surface area contributed by atoms with Crippen molar-refractivity contribution in [3.63, 3.8) is 0 Å². The Balaban J connectivity index is 2.96. The molecule has 0 aliphatic rings. The van der Waals surface area contributed by atoms with E-state index in [4.69, 9.17) is 0 Å². The molecule has 5 heteroatoms. The standard InChI is InChI=1S/C10H15NO3S/c1-8(12)7-9-5-3-4-6-10(9)11-15(2,13)14/h3-6,8,11-12H,7H2,1-2H3. The van der Waals surface area contributed by atoms with Crippen molar-refractivity contribution in [3.8, 4) is 0 Å². The Bertz CT molecular complexity index is 426. The van der Waals surface area contributed by atoms with Gasteiger partial charge in [0.2, 0.25) is 10.0 Å². The molecular formula is C10H15NO3S. The molecule has 0 radical (unpaired) electrons. The first-order valence-corrected chi connectivity index (χ1v) is 6.51. The average molecular weight is 229 g/mol. The zero-order chi connectivity index (χ0) is 11.5. The van der Waals surface area contributed by atoms with E-state index in [9.17, 15) is 13.5 Å². The summed E-state index contributed by atoms with van der Waals surface area (Å²) in [4.78, 5) is 0. The highest BCUT2D eigenvalue weighted by molar-refractivity contribution is 7.92. The zero-order valence-electron chi connectivity index (χ0n) is 8.77. The molecule has 0 aromatic heterocycles. The molecule has 0 spiro atoms. The van der Waals surface area contributed by atoms with Crippen LogP contribution in [0.1, 0.15) is 12.5 Å². The van der Waals surface area contributed by atoms with Crippen LogP contribution in [0, 0.1) is 0 Å². The molecule has 1 unspecified atom stereocenters. The van der Waals surface area contributed by atoms with Crippen LogP contribution in [0.3, 0.4) is 0 Å². The van der Waals surface area contributed by atoms with Crippen LogP contribution in [0.5, 0.6) is 0 Å². The van der Waals surface area contributed by atoms with Gasteiger partial charge in [0.25, 0.3) is 0 Å². The third-order valence-corrected chi connectivity index (χ3v) is 2.42. The highest BCUT2D eigenvalue weighted by atomic mass is 32.2. The van der Waals surface area contributed by atoms with E-state index in [-0.39, 0.29) is 0 Å². The maximum Gasteiger partial charge on any atom is 0.229 e. The van der Waals surface area contributed by atoms with Crippen LogP contribution in [-0.2, 0) is 16.4 Å². The summed E-state index contributed by atoms with van der Waals surface area (Å²) in [5.74, 6) is 0. The Morgan fingerprint density at radius 3 is 2.53 bits per heavy atom. The highest BCUT2D eigenvalue weighted by Crippen LogP contribution is 2.17. The van der Waals surface area contributed by atoms with E-state index in [1.54, 1.807) is 25.1 Å². The Morgan fingerprint density at radius 1 is 1.40 bits per heavy atom. The molecule has 1 rings (SSSR count). The van der Waals surface area contributed by atoms with Crippen LogP contribution in [0.2, 0.25) is 0 Å². The monoisotopic (exact) mass is 229 g/mol. The molecule has 1 atom stereocenters. The van der Waals surface area contributed by atoms with Crippen LogP contribution in [-0.4, -0.2) is 25.9 Å². The van der Waals surface area contributed by atoms with Gasteiger partial charge in [0.05, 0.1) is 18.0 Å². The molecule has 84 valence electrons. The van der Waals surface area contributed by atoms with Gasteiger partial charge in [-0.25, -0.2) is 8.42 Å². The molecule has 4 nitrogen and oxygen atoms in total. The van der Waals surface area contributed by atoms with Crippen molar-refractivity contribution in [1.29, 1.82) is 0 Å². The highest BCUT2D eigenvalue weighted by Gasteiger charge is 2.08. The number of hydrogen-bond acceptors (Lipinski definition) is 3. The normalized spacial score (nSPS) is 13.5. The summed E-state index contributed by atoms with van der Waals surface area (Å²) in [5.41, 5.74) is 1.32. The molecule has 0 aliphatic carbocycles. The maximum absolute atomic E-state index is 11.1. The Kier molecular flexibility index (Phi) is 3.71. The maximum atomic E-state index is 11.1. The van der Waals surface area contributed by atoms with Crippen LogP contribution in [0.15, 0.2) is 24.3 Å². The van der Waals surface area contributed by atoms with Crippen LogP contribution in [0.4, 0.5) is 5.69 Å². The fraction of sp³-hybridized carbons (Fsp3) is 0.400. The molecule has 1 aromatic carbocycles. The Morgan fingerprint density at radius 2 is 2.00 bits per heavy atom. The van der Waals surface area contributed by atoms with E-state index in [1.807, 2.05) is 6.07 Å². The number of hydrogen-bond donors (Lipinski definition) is 2. The van der Waals surface area contributed by atoms with Crippen LogP contribution < -0.4 is 4.72 Å². The van der Waals surface area contributed by atoms with Crippen molar-refractivity contribution in [1.82, 2.24) is 0 Å². The van der Waals surface area contributed by atoms with Gasteiger partial charge in [-0.1, -0.05) is 18.2 Å². The van der Waals surface area contributed by atoms with Crippen LogP contribution in [0.25, 0.3) is 0 Å². The minimum Gasteiger partial charge on any atom is -0.393 e. The van der Waals surface area contributed by atoms with Gasteiger partial charge in [-0.05, 0) is 18.6 Å². The van der Waals surface area contributed by atoms with Crippen molar-refractivity contribution in [2.45, 2.75) is 19.4 Å². The molecule has 0 saturated carbocycles. The van der Waals surface area contributed by atoms with E-state index >= 15 is 0 Å². The molecule has 0 amide bonds. The first kappa shape index (κ1) is 12.0. The second kappa shape index (κ2) is 4.63. The zero-order valence-corrected chi connectivity index (χ0v) is 9.58. The summed E-state index contributed by atoms with van der Waals surface area (Å²) < 4.78 is 24.5. The van der Waals surface area contributed by atoms with E-state index < -0.39 is 16.1 Å². The van der Waals surface area contributed by atoms with E-state index in [0.717, 1.165) is 11.8 Å². The molecule has 15 heavy (non-hydrogen) atoms. The number of anilines is 1. The summed E-state index contributed by atoms with van der Waals surface area (Å²) in [7, 11) is -3.27. The van der Waals surface area contributed by atoms with Crippen molar-refractivity contribution >= 4 is 15.7 Å². The lowest BCUT2D eigenvalue weighted by Gasteiger charge is -2.11. The summed E-state index contributed by atoms with van der Waals surface area (Å²) in [6.45, 7) is 1.66. The van der Waals surface area contributed by atoms with Gasteiger partial charge in [0, 0.05) is 6.42 Å². The summed E-state index contributed by atoms with van der Waals surface area (Å²) >= 11 is 0. The summed E-state index contributed by atoms with van der Waals surface area (Å²) in [6, 6.07) is 7.03. The number of aliphatic hydroxyl groups excluding tert-OH is 1. The lowest BCUT2D eigenvalue weighted by atomic mass is 10.1. The topological polar surface area (TPSA) is 66.4 Å². The minimum atomic E-state index is -3.27. The molecule has 0 saturated heterocycles. The molecule has 0 fully saturated rings. The molecule has 2 N–H and O–H groups in total. The molecule has 0 bridgehead atoms. The van der Waals surface area contributed by atoms with Crippen molar-refractivity contribution in [3.05, 3.63) is 29.8 Å². The van der Waals surface area contributed by atoms with E-state index in [0.29, 0.717) is 12.1 Å². The fourth-order valence-electron chi connectivity index (χ4n) is 1.32. The molecule has 0 heterocycles. The smallest absolute Gasteiger partial charge is 0.229 e. The molecule has 0 aliphatic heterocycles. The SMILES string of the molecule is CC(O)Cc1ccccc1NS(C)(=O)=O. The second-order valence-electron chi connectivity index (χ2n) is 3.58. The van der Waals surface area contributed by atoms with Crippen LogP contribution >= 0.6 is 0 Å². The lowest BCUT2D eigenvalue weighted by Crippen LogP contribution is -2.13. The lowest BCUT2D eigenvalue weighted by molar-refractivity contribution is 0.195. The van der Waals surface area contributed by atoms with Gasteiger partial charge < -0.3 is 5.11 Å². The quantitative estimate of drug-likeness (QED) is 0.809. The third-order valence-electron chi connectivity index (χ3n) is 1.83. The first-order chi connectivity index (χ1) is 6.88. The summed E-state index contributed by atoms with van der Waals surface area (Å²) in [6.07, 6.45) is 1.04. The average Bonchev–Trinajstić information content (AvgIpc) is 2.05. The summed E-state index contributed by atoms with van der Waals surface area (Å²) in [5, 5.41) is 9.25. The molecule has 1 aromatic rings. The van der Waals surface area contributed by atoms with Gasteiger partial charge in [-0.15, -0.1) is 0 Å². The first-order valence-electron chi connectivity index (χ1n) is 4.62. The van der Waals surface area contributed by atoms with Gasteiger partial charge in [0.1, 0.15) is 0 Å². The largest absolute Gasteiger partial charge is 0.393 e. The van der Waals surface area contributed by atoms with Crippen molar-refractivity contribution < 1.29 is 13.5 Å².